The van der Waals surface area contributed by atoms with Crippen molar-refractivity contribution in [3.05, 3.63) is 99.2 Å². The van der Waals surface area contributed by atoms with Crippen molar-refractivity contribution in [1.82, 2.24) is 0 Å². The molecule has 13 heteroatoms. The predicted molar refractivity (Wildman–Crippen MR) is 147 cm³/mol. The number of para-hydroxylation sites is 1. The van der Waals surface area contributed by atoms with E-state index in [9.17, 15) is 26.4 Å². The third kappa shape index (κ3) is 6.69. The molecule has 2 heterocycles. The summed E-state index contributed by atoms with van der Waals surface area (Å²) in [5, 5.41) is 16.3. The molecule has 0 saturated carbocycles. The standard InChI is InChI=1S/C26H25N3O4S.C2HF3O2/c1-16-11-20(17(2)28-22-9-5-6-10-24(22)34(27,31)32)26-21(12-16)23(30)13-25(33-26)29-14-18-7-3-4-8-19(18)15-29;3-2(4,5)1(6)7/h3-13,17,28H,14-15H2,1-2H3,(H2,27,31,32);(H,6,7). The van der Waals surface area contributed by atoms with E-state index in [4.69, 9.17) is 19.5 Å². The number of aryl methyl sites for hydroxylation is 1. The lowest BCUT2D eigenvalue weighted by Crippen LogP contribution is -2.21. The lowest BCUT2D eigenvalue weighted by atomic mass is 10.0. The van der Waals surface area contributed by atoms with E-state index in [1.807, 2.05) is 43.0 Å². The fourth-order valence-corrected chi connectivity index (χ4v) is 5.24. The van der Waals surface area contributed by atoms with Crippen molar-refractivity contribution in [2.24, 2.45) is 5.14 Å². The first-order valence-corrected chi connectivity index (χ1v) is 13.8. The molecule has 1 unspecified atom stereocenters. The summed E-state index contributed by atoms with van der Waals surface area (Å²) in [4.78, 5) is 24.0. The topological polar surface area (TPSA) is 143 Å². The quantitative estimate of drug-likeness (QED) is 0.293. The molecular formula is C28H26F3N3O6S. The second-order valence-electron chi connectivity index (χ2n) is 9.51. The number of nitrogens with two attached hydrogens (primary N) is 1. The van der Waals surface area contributed by atoms with E-state index in [0.717, 1.165) is 11.1 Å². The number of hydrogen-bond donors (Lipinski definition) is 3. The SMILES string of the molecule is Cc1cc(C(C)Nc2ccccc2S(N)(=O)=O)c2oc(N3Cc4ccccc4C3)cc(=O)c2c1.O=C(O)C(F)(F)F. The number of carboxylic acids is 1. The van der Waals surface area contributed by atoms with Crippen molar-refractivity contribution in [2.45, 2.75) is 44.1 Å². The van der Waals surface area contributed by atoms with Gasteiger partial charge >= 0.3 is 12.1 Å². The Hall–Kier alpha value is -4.36. The first-order valence-electron chi connectivity index (χ1n) is 12.2. The number of carboxylic acid groups (broad SMARTS) is 1. The Bertz CT molecular complexity index is 1760. The lowest BCUT2D eigenvalue weighted by Gasteiger charge is -2.21. The Morgan fingerprint density at radius 1 is 1.05 bits per heavy atom. The minimum atomic E-state index is -5.08. The Morgan fingerprint density at radius 3 is 2.17 bits per heavy atom. The van der Waals surface area contributed by atoms with Crippen LogP contribution in [0.15, 0.2) is 80.8 Å². The Balaban J connectivity index is 0.000000493. The fraction of sp³-hybridized carbons (Fsp3) is 0.214. The third-order valence-corrected chi connectivity index (χ3v) is 7.38. The molecule has 4 N–H and O–H groups in total. The maximum absolute atomic E-state index is 13.1. The van der Waals surface area contributed by atoms with Gasteiger partial charge in [0.2, 0.25) is 15.9 Å². The number of nitrogens with zero attached hydrogens (tertiary/aromatic N) is 1. The number of halogens is 3. The predicted octanol–water partition coefficient (Wildman–Crippen LogP) is 5.08. The van der Waals surface area contributed by atoms with Gasteiger partial charge in [0.15, 0.2) is 5.43 Å². The van der Waals surface area contributed by atoms with Gasteiger partial charge in [-0.05, 0) is 48.7 Å². The molecule has 4 aromatic rings. The third-order valence-electron chi connectivity index (χ3n) is 6.42. The number of hydrogen-bond acceptors (Lipinski definition) is 7. The lowest BCUT2D eigenvalue weighted by molar-refractivity contribution is -0.192. The highest BCUT2D eigenvalue weighted by molar-refractivity contribution is 7.89. The molecule has 41 heavy (non-hydrogen) atoms. The van der Waals surface area contributed by atoms with E-state index in [2.05, 4.69) is 17.4 Å². The molecule has 1 aliphatic heterocycles. The second kappa shape index (κ2) is 11.3. The average Bonchev–Trinajstić information content (AvgIpc) is 3.32. The van der Waals surface area contributed by atoms with Gasteiger partial charge in [0.05, 0.1) is 17.1 Å². The van der Waals surface area contributed by atoms with Crippen LogP contribution >= 0.6 is 0 Å². The van der Waals surface area contributed by atoms with Gasteiger partial charge in [-0.3, -0.25) is 4.79 Å². The molecule has 0 spiro atoms. The summed E-state index contributed by atoms with van der Waals surface area (Å²) in [6.45, 7) is 5.15. The Labute approximate surface area is 233 Å². The fourth-order valence-electron chi connectivity index (χ4n) is 4.53. The summed E-state index contributed by atoms with van der Waals surface area (Å²) in [5.41, 5.74) is 4.85. The molecule has 0 fully saturated rings. The number of carbonyl (C=O) groups is 1. The molecule has 3 aromatic carbocycles. The van der Waals surface area contributed by atoms with E-state index >= 15 is 0 Å². The first-order chi connectivity index (χ1) is 19.1. The summed E-state index contributed by atoms with van der Waals surface area (Å²) in [7, 11) is -3.91. The smallest absolute Gasteiger partial charge is 0.475 e. The first kappa shape index (κ1) is 29.6. The molecule has 5 rings (SSSR count). The van der Waals surface area contributed by atoms with Crippen LogP contribution < -0.4 is 20.8 Å². The zero-order valence-electron chi connectivity index (χ0n) is 21.9. The van der Waals surface area contributed by atoms with Crippen molar-refractivity contribution in [1.29, 1.82) is 0 Å². The van der Waals surface area contributed by atoms with Crippen LogP contribution in [-0.4, -0.2) is 25.7 Å². The van der Waals surface area contributed by atoms with Gasteiger partial charge in [0.25, 0.3) is 0 Å². The van der Waals surface area contributed by atoms with E-state index in [1.54, 1.807) is 24.3 Å². The van der Waals surface area contributed by atoms with Crippen molar-refractivity contribution >= 4 is 38.5 Å². The van der Waals surface area contributed by atoms with E-state index in [1.165, 1.54) is 17.2 Å². The van der Waals surface area contributed by atoms with Gasteiger partial charge in [-0.1, -0.05) is 42.5 Å². The number of sulfonamides is 1. The summed E-state index contributed by atoms with van der Waals surface area (Å²) in [6.07, 6.45) is -5.08. The minimum Gasteiger partial charge on any atom is -0.475 e. The molecule has 0 aliphatic carbocycles. The normalized spacial score (nSPS) is 13.8. The second-order valence-corrected chi connectivity index (χ2v) is 11.0. The maximum atomic E-state index is 13.1. The van der Waals surface area contributed by atoms with Crippen LogP contribution in [0.5, 0.6) is 0 Å². The van der Waals surface area contributed by atoms with Crippen LogP contribution in [0.25, 0.3) is 11.0 Å². The van der Waals surface area contributed by atoms with Gasteiger partial charge in [0, 0.05) is 24.7 Å². The number of fused-ring (bicyclic) bond motifs is 2. The zero-order chi connectivity index (χ0) is 30.1. The number of alkyl halides is 3. The van der Waals surface area contributed by atoms with Gasteiger partial charge in [-0.15, -0.1) is 0 Å². The molecule has 9 nitrogen and oxygen atoms in total. The van der Waals surface area contributed by atoms with Crippen LogP contribution in [-0.2, 0) is 27.9 Å². The molecule has 1 aromatic heterocycles. The highest BCUT2D eigenvalue weighted by Crippen LogP contribution is 2.33. The van der Waals surface area contributed by atoms with E-state index in [0.29, 0.717) is 35.6 Å². The molecule has 0 saturated heterocycles. The van der Waals surface area contributed by atoms with Crippen molar-refractivity contribution in [3.63, 3.8) is 0 Å². The van der Waals surface area contributed by atoms with Crippen LogP contribution in [0.1, 0.15) is 35.2 Å². The van der Waals surface area contributed by atoms with Crippen molar-refractivity contribution in [2.75, 3.05) is 10.2 Å². The van der Waals surface area contributed by atoms with Gasteiger partial charge < -0.3 is 19.7 Å². The summed E-state index contributed by atoms with van der Waals surface area (Å²) >= 11 is 0. The molecule has 0 radical (unpaired) electrons. The van der Waals surface area contributed by atoms with Crippen molar-refractivity contribution in [3.8, 4) is 0 Å². The average molecular weight is 590 g/mol. The number of anilines is 2. The molecule has 0 amide bonds. The number of nitrogens with one attached hydrogen (secondary N) is 1. The number of aliphatic carboxylic acids is 1. The molecular weight excluding hydrogens is 563 g/mol. The molecule has 1 atom stereocenters. The van der Waals surface area contributed by atoms with E-state index < -0.39 is 22.2 Å². The maximum Gasteiger partial charge on any atom is 0.490 e. The number of primary sulfonamides is 1. The van der Waals surface area contributed by atoms with Crippen molar-refractivity contribution < 1.29 is 35.9 Å². The van der Waals surface area contributed by atoms with Gasteiger partial charge in [-0.25, -0.2) is 18.4 Å². The van der Waals surface area contributed by atoms with Crippen LogP contribution in [0, 0.1) is 6.92 Å². The van der Waals surface area contributed by atoms with Gasteiger partial charge in [-0.2, -0.15) is 13.2 Å². The Kier molecular flexibility index (Phi) is 8.13. The van der Waals surface area contributed by atoms with Gasteiger partial charge in [0.1, 0.15) is 10.5 Å². The summed E-state index contributed by atoms with van der Waals surface area (Å²) in [5.74, 6) is -2.25. The molecule has 0 bridgehead atoms. The van der Waals surface area contributed by atoms with Crippen LogP contribution in [0.2, 0.25) is 0 Å². The number of benzene rings is 3. The van der Waals surface area contributed by atoms with Crippen LogP contribution in [0.4, 0.5) is 24.7 Å². The highest BCUT2D eigenvalue weighted by atomic mass is 32.2. The summed E-state index contributed by atoms with van der Waals surface area (Å²) < 4.78 is 62.2. The monoisotopic (exact) mass is 589 g/mol. The molecule has 216 valence electrons. The largest absolute Gasteiger partial charge is 0.490 e. The number of rotatable bonds is 5. The minimum absolute atomic E-state index is 0.00998. The van der Waals surface area contributed by atoms with E-state index in [-0.39, 0.29) is 16.4 Å². The Morgan fingerprint density at radius 2 is 1.61 bits per heavy atom. The summed E-state index contributed by atoms with van der Waals surface area (Å²) in [6, 6.07) is 19.6. The molecule has 1 aliphatic rings. The zero-order valence-corrected chi connectivity index (χ0v) is 22.7. The van der Waals surface area contributed by atoms with Crippen LogP contribution in [0.3, 0.4) is 0 Å². The highest BCUT2D eigenvalue weighted by Gasteiger charge is 2.38.